The number of hydrogen-bond donors (Lipinski definition) is 1. The number of carbonyl (C=O) groups excluding carboxylic acids is 1. The molecule has 0 aliphatic heterocycles. The van der Waals surface area contributed by atoms with Crippen molar-refractivity contribution < 1.29 is 9.53 Å². The molecule has 4 aromatic rings. The summed E-state index contributed by atoms with van der Waals surface area (Å²) in [5, 5.41) is 14.5. The minimum atomic E-state index is -0.228. The number of pyridine rings is 1. The number of nitrogens with one attached hydrogen (secondary N) is 1. The SMILES string of the molecule is CCC(C)(C)C1CCc2c(sc(NC(=O)c3cc(-c4ccc(OC)cc4)nc4ccccc34)c2C#N)C1. The standard InChI is InChI=1S/C31H31N3O2S/c1-5-31(2,3)20-12-15-23-25(18-32)30(37-28(23)16-20)34-29(35)24-17-27(19-10-13-21(36-4)14-11-19)33-26-9-7-6-8-22(24)26/h6-11,13-14,17,20H,5,12,15-16H2,1-4H3,(H,34,35). The van der Waals surface area contributed by atoms with Crippen molar-refractivity contribution in [2.24, 2.45) is 11.3 Å². The zero-order chi connectivity index (χ0) is 26.2. The molecule has 0 radical (unpaired) electrons. The number of fused-ring (bicyclic) bond motifs is 2. The van der Waals surface area contributed by atoms with Crippen molar-refractivity contribution in [3.05, 3.63) is 76.2 Å². The highest BCUT2D eigenvalue weighted by molar-refractivity contribution is 7.16. The van der Waals surface area contributed by atoms with E-state index in [0.717, 1.165) is 53.5 Å². The van der Waals surface area contributed by atoms with Crippen LogP contribution in [0.4, 0.5) is 5.00 Å². The Bertz CT molecular complexity index is 1510. The van der Waals surface area contributed by atoms with E-state index >= 15 is 0 Å². The molecule has 0 fully saturated rings. The van der Waals surface area contributed by atoms with Crippen LogP contribution in [0.15, 0.2) is 54.6 Å². The molecule has 1 atom stereocenters. The maximum absolute atomic E-state index is 13.7. The van der Waals surface area contributed by atoms with E-state index in [1.165, 1.54) is 4.88 Å². The summed E-state index contributed by atoms with van der Waals surface area (Å²) in [7, 11) is 1.63. The minimum Gasteiger partial charge on any atom is -0.497 e. The van der Waals surface area contributed by atoms with Crippen LogP contribution < -0.4 is 10.1 Å². The first-order valence-corrected chi connectivity index (χ1v) is 13.6. The van der Waals surface area contributed by atoms with Crippen LogP contribution in [0.3, 0.4) is 0 Å². The number of carbonyl (C=O) groups is 1. The second-order valence-corrected chi connectivity index (χ2v) is 11.5. The number of anilines is 1. The Labute approximate surface area is 222 Å². The average Bonchev–Trinajstić information content (AvgIpc) is 3.28. The van der Waals surface area contributed by atoms with Gasteiger partial charge >= 0.3 is 0 Å². The predicted octanol–water partition coefficient (Wildman–Crippen LogP) is 7.64. The fourth-order valence-corrected chi connectivity index (χ4v) is 6.46. The van der Waals surface area contributed by atoms with Gasteiger partial charge in [0.2, 0.25) is 0 Å². The minimum absolute atomic E-state index is 0.228. The van der Waals surface area contributed by atoms with Crippen LogP contribution >= 0.6 is 11.3 Å². The lowest BCUT2D eigenvalue weighted by Gasteiger charge is -2.36. The Morgan fingerprint density at radius 3 is 2.68 bits per heavy atom. The van der Waals surface area contributed by atoms with Gasteiger partial charge in [0.05, 0.1) is 29.4 Å². The molecule has 1 aliphatic carbocycles. The molecule has 6 heteroatoms. The second kappa shape index (κ2) is 9.99. The summed E-state index contributed by atoms with van der Waals surface area (Å²) >= 11 is 1.57. The molecule has 5 rings (SSSR count). The van der Waals surface area contributed by atoms with Gasteiger partial charge in [-0.25, -0.2) is 4.98 Å². The molecule has 0 bridgehead atoms. The number of thiophene rings is 1. The van der Waals surface area contributed by atoms with Gasteiger partial charge in [0.1, 0.15) is 16.8 Å². The predicted molar refractivity (Wildman–Crippen MR) is 150 cm³/mol. The van der Waals surface area contributed by atoms with Gasteiger partial charge < -0.3 is 10.1 Å². The Balaban J connectivity index is 1.51. The first-order valence-electron chi connectivity index (χ1n) is 12.7. The summed E-state index contributed by atoms with van der Waals surface area (Å²) < 4.78 is 5.28. The van der Waals surface area contributed by atoms with E-state index in [0.29, 0.717) is 27.7 Å². The highest BCUT2D eigenvalue weighted by Gasteiger charge is 2.34. The van der Waals surface area contributed by atoms with E-state index in [1.807, 2.05) is 54.6 Å². The van der Waals surface area contributed by atoms with Crippen LogP contribution in [0.25, 0.3) is 22.2 Å². The molecule has 5 nitrogen and oxygen atoms in total. The highest BCUT2D eigenvalue weighted by atomic mass is 32.1. The van der Waals surface area contributed by atoms with Gasteiger partial charge in [-0.2, -0.15) is 5.26 Å². The van der Waals surface area contributed by atoms with E-state index in [-0.39, 0.29) is 11.3 Å². The lowest BCUT2D eigenvalue weighted by molar-refractivity contribution is 0.102. The Morgan fingerprint density at radius 2 is 1.97 bits per heavy atom. The average molecular weight is 510 g/mol. The van der Waals surface area contributed by atoms with Crippen molar-refractivity contribution in [3.63, 3.8) is 0 Å². The van der Waals surface area contributed by atoms with Crippen molar-refractivity contribution in [2.75, 3.05) is 12.4 Å². The number of methoxy groups -OCH3 is 1. The van der Waals surface area contributed by atoms with Gasteiger partial charge in [0.25, 0.3) is 5.91 Å². The number of benzene rings is 2. The van der Waals surface area contributed by atoms with Crippen molar-refractivity contribution in [3.8, 4) is 23.1 Å². The van der Waals surface area contributed by atoms with Gasteiger partial charge in [-0.05, 0) is 72.6 Å². The van der Waals surface area contributed by atoms with Crippen molar-refractivity contribution in [2.45, 2.75) is 46.5 Å². The third-order valence-electron chi connectivity index (χ3n) is 7.97. The molecule has 1 aliphatic rings. The molecule has 0 spiro atoms. The van der Waals surface area contributed by atoms with Crippen molar-refractivity contribution >= 4 is 33.1 Å². The molecule has 37 heavy (non-hydrogen) atoms. The number of para-hydroxylation sites is 1. The summed E-state index contributed by atoms with van der Waals surface area (Å²) in [6.07, 6.45) is 4.05. The van der Waals surface area contributed by atoms with Gasteiger partial charge in [-0.3, -0.25) is 4.79 Å². The van der Waals surface area contributed by atoms with Gasteiger partial charge in [-0.15, -0.1) is 11.3 Å². The first kappa shape index (κ1) is 25.0. The van der Waals surface area contributed by atoms with Gasteiger partial charge in [0, 0.05) is 15.8 Å². The van der Waals surface area contributed by atoms with Crippen LogP contribution in [-0.2, 0) is 12.8 Å². The van der Waals surface area contributed by atoms with E-state index in [9.17, 15) is 10.1 Å². The van der Waals surface area contributed by atoms with Crippen molar-refractivity contribution in [1.29, 1.82) is 5.26 Å². The topological polar surface area (TPSA) is 75.0 Å². The molecule has 1 N–H and O–H groups in total. The summed E-state index contributed by atoms with van der Waals surface area (Å²) in [6, 6.07) is 19.5. The summed E-state index contributed by atoms with van der Waals surface area (Å²) in [4.78, 5) is 19.7. The first-order chi connectivity index (χ1) is 17.8. The van der Waals surface area contributed by atoms with Crippen LogP contribution in [0, 0.1) is 22.7 Å². The molecule has 0 saturated heterocycles. The quantitative estimate of drug-likeness (QED) is 0.290. The number of ether oxygens (including phenoxy) is 1. The zero-order valence-electron chi connectivity index (χ0n) is 21.7. The molecule has 2 aromatic carbocycles. The Hall–Kier alpha value is -3.69. The number of rotatable bonds is 6. The Morgan fingerprint density at radius 1 is 1.22 bits per heavy atom. The number of aromatic nitrogens is 1. The summed E-state index contributed by atoms with van der Waals surface area (Å²) in [5.74, 6) is 1.11. The second-order valence-electron chi connectivity index (χ2n) is 10.4. The van der Waals surface area contributed by atoms with Crippen LogP contribution in [-0.4, -0.2) is 18.0 Å². The number of amides is 1. The Kier molecular flexibility index (Phi) is 6.74. The molecule has 0 saturated carbocycles. The summed E-state index contributed by atoms with van der Waals surface area (Å²) in [5.41, 5.74) is 4.88. The maximum atomic E-state index is 13.7. The third kappa shape index (κ3) is 4.72. The number of nitrogens with zero attached hydrogens (tertiary/aromatic N) is 2. The highest BCUT2D eigenvalue weighted by Crippen LogP contribution is 2.45. The molecular weight excluding hydrogens is 478 g/mol. The monoisotopic (exact) mass is 509 g/mol. The summed E-state index contributed by atoms with van der Waals surface area (Å²) in [6.45, 7) is 6.91. The van der Waals surface area contributed by atoms with E-state index in [4.69, 9.17) is 9.72 Å². The fraction of sp³-hybridized carbons (Fsp3) is 0.323. The smallest absolute Gasteiger partial charge is 0.257 e. The largest absolute Gasteiger partial charge is 0.497 e. The third-order valence-corrected chi connectivity index (χ3v) is 9.14. The van der Waals surface area contributed by atoms with E-state index in [2.05, 4.69) is 32.2 Å². The molecule has 2 heterocycles. The molecule has 1 unspecified atom stereocenters. The lowest BCUT2D eigenvalue weighted by atomic mass is 9.69. The maximum Gasteiger partial charge on any atom is 0.257 e. The molecule has 2 aromatic heterocycles. The van der Waals surface area contributed by atoms with E-state index in [1.54, 1.807) is 18.4 Å². The molecule has 1 amide bonds. The van der Waals surface area contributed by atoms with E-state index < -0.39 is 0 Å². The van der Waals surface area contributed by atoms with Crippen molar-refractivity contribution in [1.82, 2.24) is 4.98 Å². The van der Waals surface area contributed by atoms with Crippen LogP contribution in [0.2, 0.25) is 0 Å². The van der Waals surface area contributed by atoms with Crippen LogP contribution in [0.1, 0.15) is 60.0 Å². The number of hydrogen-bond acceptors (Lipinski definition) is 5. The lowest BCUT2D eigenvalue weighted by Crippen LogP contribution is -2.28. The fourth-order valence-electron chi connectivity index (χ4n) is 5.19. The number of nitriles is 1. The zero-order valence-corrected chi connectivity index (χ0v) is 22.5. The van der Waals surface area contributed by atoms with Crippen LogP contribution in [0.5, 0.6) is 5.75 Å². The van der Waals surface area contributed by atoms with Gasteiger partial charge in [0.15, 0.2) is 0 Å². The normalized spacial score (nSPS) is 15.2. The molecule has 188 valence electrons. The van der Waals surface area contributed by atoms with Gasteiger partial charge in [-0.1, -0.05) is 45.4 Å². The molecular formula is C31H31N3O2S.